The molecule has 5 nitrogen and oxygen atoms in total. The van der Waals surface area contributed by atoms with E-state index in [0.29, 0.717) is 24.9 Å². The zero-order valence-electron chi connectivity index (χ0n) is 14.3. The number of rotatable bonds is 4. The van der Waals surface area contributed by atoms with Crippen molar-refractivity contribution in [2.75, 3.05) is 11.9 Å². The fraction of sp³-hybridized carbons (Fsp3) is 0.190. The maximum Gasteiger partial charge on any atom is 0.251 e. The van der Waals surface area contributed by atoms with Gasteiger partial charge in [-0.3, -0.25) is 14.6 Å². The van der Waals surface area contributed by atoms with Crippen LogP contribution < -0.4 is 10.6 Å². The van der Waals surface area contributed by atoms with Gasteiger partial charge in [0.25, 0.3) is 5.91 Å². The van der Waals surface area contributed by atoms with Crippen molar-refractivity contribution >= 4 is 28.4 Å². The molecular formula is C21H19N3O2. The van der Waals surface area contributed by atoms with E-state index < -0.39 is 0 Å². The molecule has 1 aliphatic heterocycles. The molecule has 0 atom stereocenters. The predicted octanol–water partition coefficient (Wildman–Crippen LogP) is 3.09. The van der Waals surface area contributed by atoms with Crippen LogP contribution in [0.15, 0.2) is 54.7 Å². The van der Waals surface area contributed by atoms with Crippen LogP contribution in [0.5, 0.6) is 0 Å². The van der Waals surface area contributed by atoms with Crippen molar-refractivity contribution in [3.05, 3.63) is 71.4 Å². The van der Waals surface area contributed by atoms with E-state index in [4.69, 9.17) is 0 Å². The highest BCUT2D eigenvalue weighted by molar-refractivity contribution is 5.98. The van der Waals surface area contributed by atoms with Gasteiger partial charge in [0.15, 0.2) is 0 Å². The average molecular weight is 345 g/mol. The molecule has 0 unspecified atom stereocenters. The molecule has 0 fully saturated rings. The van der Waals surface area contributed by atoms with Gasteiger partial charge in [-0.1, -0.05) is 24.3 Å². The number of hydrogen-bond donors (Lipinski definition) is 2. The van der Waals surface area contributed by atoms with Crippen LogP contribution >= 0.6 is 0 Å². The fourth-order valence-corrected chi connectivity index (χ4v) is 3.31. The highest BCUT2D eigenvalue weighted by Crippen LogP contribution is 2.23. The van der Waals surface area contributed by atoms with E-state index in [1.54, 1.807) is 18.3 Å². The Labute approximate surface area is 151 Å². The Bertz CT molecular complexity index is 992. The number of nitrogens with zero attached hydrogens (tertiary/aromatic N) is 1. The SMILES string of the molecule is O=C1CCc2cc(C(=O)NCCc3cccc4cccnc34)ccc2N1. The number of carbonyl (C=O) groups is 2. The van der Waals surface area contributed by atoms with Crippen LogP contribution in [0, 0.1) is 0 Å². The Morgan fingerprint density at radius 3 is 2.92 bits per heavy atom. The topological polar surface area (TPSA) is 71.1 Å². The molecule has 0 radical (unpaired) electrons. The van der Waals surface area contributed by atoms with Crippen LogP contribution in [0.1, 0.15) is 27.9 Å². The summed E-state index contributed by atoms with van der Waals surface area (Å²) in [4.78, 5) is 28.3. The predicted molar refractivity (Wildman–Crippen MR) is 101 cm³/mol. The maximum absolute atomic E-state index is 12.4. The lowest BCUT2D eigenvalue weighted by Crippen LogP contribution is -2.26. The fourth-order valence-electron chi connectivity index (χ4n) is 3.31. The lowest BCUT2D eigenvalue weighted by atomic mass is 10.00. The van der Waals surface area contributed by atoms with Crippen LogP contribution in [0.2, 0.25) is 0 Å². The van der Waals surface area contributed by atoms with Crippen LogP contribution in [0.25, 0.3) is 10.9 Å². The molecule has 130 valence electrons. The minimum Gasteiger partial charge on any atom is -0.352 e. The molecule has 0 bridgehead atoms. The van der Waals surface area contributed by atoms with Gasteiger partial charge in [-0.15, -0.1) is 0 Å². The minimum atomic E-state index is -0.0992. The number of aromatic nitrogens is 1. The summed E-state index contributed by atoms with van der Waals surface area (Å²) in [6.45, 7) is 0.544. The molecule has 3 aromatic rings. The van der Waals surface area contributed by atoms with Crippen molar-refractivity contribution in [1.82, 2.24) is 10.3 Å². The number of para-hydroxylation sites is 1. The summed E-state index contributed by atoms with van der Waals surface area (Å²) in [5.41, 5.74) is 4.54. The van der Waals surface area contributed by atoms with E-state index in [9.17, 15) is 9.59 Å². The Balaban J connectivity index is 1.42. The molecule has 2 amide bonds. The van der Waals surface area contributed by atoms with Gasteiger partial charge >= 0.3 is 0 Å². The second kappa shape index (κ2) is 6.96. The lowest BCUT2D eigenvalue weighted by molar-refractivity contribution is -0.116. The Morgan fingerprint density at radius 1 is 1.12 bits per heavy atom. The molecule has 2 heterocycles. The molecular weight excluding hydrogens is 326 g/mol. The smallest absolute Gasteiger partial charge is 0.251 e. The van der Waals surface area contributed by atoms with Crippen LogP contribution in [0.3, 0.4) is 0 Å². The Kier molecular flexibility index (Phi) is 4.35. The highest BCUT2D eigenvalue weighted by Gasteiger charge is 2.16. The standard InChI is InChI=1S/C21H19N3O2/c25-19-9-7-16-13-17(6-8-18(16)24-19)21(26)23-12-10-15-4-1-3-14-5-2-11-22-20(14)15/h1-6,8,11,13H,7,9-10,12H2,(H,23,26)(H,24,25). The van der Waals surface area contributed by atoms with Gasteiger partial charge < -0.3 is 10.6 Å². The number of aryl methyl sites for hydroxylation is 1. The zero-order valence-corrected chi connectivity index (χ0v) is 14.3. The van der Waals surface area contributed by atoms with E-state index in [2.05, 4.69) is 15.6 Å². The third-order valence-electron chi connectivity index (χ3n) is 4.66. The van der Waals surface area contributed by atoms with Crippen LogP contribution in [0.4, 0.5) is 5.69 Å². The summed E-state index contributed by atoms with van der Waals surface area (Å²) < 4.78 is 0. The van der Waals surface area contributed by atoms with Crippen LogP contribution in [-0.4, -0.2) is 23.3 Å². The van der Waals surface area contributed by atoms with Crippen molar-refractivity contribution in [1.29, 1.82) is 0 Å². The highest BCUT2D eigenvalue weighted by atomic mass is 16.2. The molecule has 0 spiro atoms. The van der Waals surface area contributed by atoms with Gasteiger partial charge in [0, 0.05) is 35.8 Å². The zero-order chi connectivity index (χ0) is 17.9. The van der Waals surface area contributed by atoms with Crippen molar-refractivity contribution in [3.63, 3.8) is 0 Å². The maximum atomic E-state index is 12.4. The Morgan fingerprint density at radius 2 is 2.00 bits per heavy atom. The second-order valence-electron chi connectivity index (χ2n) is 6.42. The van der Waals surface area contributed by atoms with E-state index in [1.807, 2.05) is 36.4 Å². The summed E-state index contributed by atoms with van der Waals surface area (Å²) >= 11 is 0. The summed E-state index contributed by atoms with van der Waals surface area (Å²) in [6.07, 6.45) is 3.65. The number of anilines is 1. The van der Waals surface area contributed by atoms with Gasteiger partial charge in [0.05, 0.1) is 5.52 Å². The molecule has 1 aliphatic rings. The first-order valence-electron chi connectivity index (χ1n) is 8.74. The van der Waals surface area contributed by atoms with Gasteiger partial charge in [0.1, 0.15) is 0 Å². The quantitative estimate of drug-likeness (QED) is 0.763. The first-order chi connectivity index (χ1) is 12.7. The number of nitrogens with one attached hydrogen (secondary N) is 2. The summed E-state index contributed by atoms with van der Waals surface area (Å²) in [7, 11) is 0. The monoisotopic (exact) mass is 345 g/mol. The van der Waals surface area contributed by atoms with Crippen molar-refractivity contribution < 1.29 is 9.59 Å². The van der Waals surface area contributed by atoms with E-state index in [-0.39, 0.29) is 11.8 Å². The van der Waals surface area contributed by atoms with Gasteiger partial charge in [-0.05, 0) is 48.2 Å². The summed E-state index contributed by atoms with van der Waals surface area (Å²) in [5, 5.41) is 6.91. The molecule has 2 aromatic carbocycles. The molecule has 4 rings (SSSR count). The Hall–Kier alpha value is -3.21. The van der Waals surface area contributed by atoms with Crippen LogP contribution in [-0.2, 0) is 17.6 Å². The third-order valence-corrected chi connectivity index (χ3v) is 4.66. The molecule has 0 aliphatic carbocycles. The molecule has 2 N–H and O–H groups in total. The van der Waals surface area contributed by atoms with Gasteiger partial charge in [0.2, 0.25) is 5.91 Å². The van der Waals surface area contributed by atoms with E-state index in [1.165, 1.54) is 0 Å². The number of carbonyl (C=O) groups excluding carboxylic acids is 2. The largest absolute Gasteiger partial charge is 0.352 e. The number of benzene rings is 2. The van der Waals surface area contributed by atoms with Gasteiger partial charge in [-0.2, -0.15) is 0 Å². The average Bonchev–Trinajstić information content (AvgIpc) is 2.67. The number of fused-ring (bicyclic) bond motifs is 2. The van der Waals surface area contributed by atoms with Crippen molar-refractivity contribution in [2.45, 2.75) is 19.3 Å². The first kappa shape index (κ1) is 16.3. The molecule has 5 heteroatoms. The summed E-state index contributed by atoms with van der Waals surface area (Å²) in [5.74, 6) is -0.0729. The van der Waals surface area contributed by atoms with E-state index in [0.717, 1.165) is 34.1 Å². The third kappa shape index (κ3) is 3.28. The summed E-state index contributed by atoms with van der Waals surface area (Å²) in [6, 6.07) is 15.5. The minimum absolute atomic E-state index is 0.0263. The number of amides is 2. The molecule has 0 saturated heterocycles. The molecule has 1 aromatic heterocycles. The van der Waals surface area contributed by atoms with Crippen molar-refractivity contribution in [3.8, 4) is 0 Å². The first-order valence-corrected chi connectivity index (χ1v) is 8.74. The van der Waals surface area contributed by atoms with E-state index >= 15 is 0 Å². The van der Waals surface area contributed by atoms with Gasteiger partial charge in [-0.25, -0.2) is 0 Å². The number of hydrogen-bond acceptors (Lipinski definition) is 3. The lowest BCUT2D eigenvalue weighted by Gasteiger charge is -2.17. The molecule has 0 saturated carbocycles. The van der Waals surface area contributed by atoms with Crippen molar-refractivity contribution in [2.24, 2.45) is 0 Å². The number of pyridine rings is 1. The normalized spacial score (nSPS) is 13.2. The second-order valence-corrected chi connectivity index (χ2v) is 6.42. The molecule has 26 heavy (non-hydrogen) atoms.